The van der Waals surface area contributed by atoms with Gasteiger partial charge in [-0.15, -0.1) is 0 Å². The van der Waals surface area contributed by atoms with Crippen LogP contribution in [0.15, 0.2) is 60.8 Å². The number of ether oxygens (including phenoxy) is 1. The van der Waals surface area contributed by atoms with Crippen molar-refractivity contribution in [3.05, 3.63) is 77.7 Å². The van der Waals surface area contributed by atoms with E-state index in [-0.39, 0.29) is 5.91 Å². The number of hydrogen-bond donors (Lipinski definition) is 1. The van der Waals surface area contributed by atoms with Crippen LogP contribution in [0.3, 0.4) is 0 Å². The summed E-state index contributed by atoms with van der Waals surface area (Å²) < 4.78 is 5.75. The fraction of sp³-hybridized carbons (Fsp3) is 0.227. The van der Waals surface area contributed by atoms with Gasteiger partial charge in [0.1, 0.15) is 11.6 Å². The van der Waals surface area contributed by atoms with E-state index in [0.29, 0.717) is 23.7 Å². The first-order chi connectivity index (χ1) is 13.5. The van der Waals surface area contributed by atoms with Gasteiger partial charge in [0.2, 0.25) is 0 Å². The fourth-order valence-corrected chi connectivity index (χ4v) is 2.71. The summed E-state index contributed by atoms with van der Waals surface area (Å²) in [5.41, 5.74) is 3.10. The molecular weight excluding hydrogens is 352 g/mol. The third-order valence-corrected chi connectivity index (χ3v) is 4.15. The van der Waals surface area contributed by atoms with Crippen molar-refractivity contribution in [2.75, 3.05) is 30.9 Å². The molecule has 0 saturated carbocycles. The molecule has 0 aliphatic heterocycles. The molecule has 0 spiro atoms. The molecule has 0 fully saturated rings. The Morgan fingerprint density at radius 1 is 1.07 bits per heavy atom. The standard InChI is InChI=1S/C22H24N4O2/c1-16-7-12-20(21(24-16)26(2)3)22(27)25-18-8-10-19(11-9-18)28-15-13-17-6-4-5-14-23-17/h4-12,14H,13,15H2,1-3H3,(H,25,27). The summed E-state index contributed by atoms with van der Waals surface area (Å²) in [6.07, 6.45) is 2.52. The van der Waals surface area contributed by atoms with Gasteiger partial charge in [-0.2, -0.15) is 0 Å². The van der Waals surface area contributed by atoms with Crippen LogP contribution in [0.2, 0.25) is 0 Å². The Hall–Kier alpha value is -3.41. The lowest BCUT2D eigenvalue weighted by molar-refractivity contribution is 0.102. The third-order valence-electron chi connectivity index (χ3n) is 4.15. The van der Waals surface area contributed by atoms with E-state index in [4.69, 9.17) is 4.74 Å². The summed E-state index contributed by atoms with van der Waals surface area (Å²) in [7, 11) is 3.74. The van der Waals surface area contributed by atoms with Gasteiger partial charge in [-0.1, -0.05) is 6.07 Å². The molecule has 6 nitrogen and oxygen atoms in total. The number of amides is 1. The molecular formula is C22H24N4O2. The zero-order chi connectivity index (χ0) is 19.9. The van der Waals surface area contributed by atoms with Crippen molar-refractivity contribution >= 4 is 17.4 Å². The molecule has 0 bridgehead atoms. The Morgan fingerprint density at radius 3 is 2.54 bits per heavy atom. The Kier molecular flexibility index (Phi) is 6.22. The summed E-state index contributed by atoms with van der Waals surface area (Å²) in [5, 5.41) is 2.91. The number of aromatic nitrogens is 2. The maximum Gasteiger partial charge on any atom is 0.259 e. The predicted molar refractivity (Wildman–Crippen MR) is 111 cm³/mol. The Bertz CT molecular complexity index is 925. The summed E-state index contributed by atoms with van der Waals surface area (Å²) in [6.45, 7) is 2.45. The SMILES string of the molecule is Cc1ccc(C(=O)Nc2ccc(OCCc3ccccn3)cc2)c(N(C)C)n1. The first-order valence-corrected chi connectivity index (χ1v) is 9.12. The Balaban J connectivity index is 1.59. The predicted octanol–water partition coefficient (Wildman–Crippen LogP) is 3.72. The van der Waals surface area contributed by atoms with E-state index in [1.54, 1.807) is 12.3 Å². The van der Waals surface area contributed by atoms with E-state index in [2.05, 4.69) is 15.3 Å². The normalized spacial score (nSPS) is 10.4. The lowest BCUT2D eigenvalue weighted by Gasteiger charge is -2.16. The maximum atomic E-state index is 12.6. The molecule has 3 rings (SSSR count). The van der Waals surface area contributed by atoms with E-state index in [0.717, 1.165) is 23.6 Å². The molecule has 1 N–H and O–H groups in total. The van der Waals surface area contributed by atoms with Crippen LogP contribution in [-0.4, -0.2) is 36.6 Å². The number of pyridine rings is 2. The highest BCUT2D eigenvalue weighted by Gasteiger charge is 2.14. The highest BCUT2D eigenvalue weighted by Crippen LogP contribution is 2.20. The van der Waals surface area contributed by atoms with Crippen molar-refractivity contribution in [3.63, 3.8) is 0 Å². The van der Waals surface area contributed by atoms with Gasteiger partial charge in [0.25, 0.3) is 5.91 Å². The fourth-order valence-electron chi connectivity index (χ4n) is 2.71. The van der Waals surface area contributed by atoms with Gasteiger partial charge in [0, 0.05) is 43.8 Å². The molecule has 0 unspecified atom stereocenters. The first kappa shape index (κ1) is 19.4. The van der Waals surface area contributed by atoms with Crippen molar-refractivity contribution < 1.29 is 9.53 Å². The summed E-state index contributed by atoms with van der Waals surface area (Å²) in [6, 6.07) is 16.8. The van der Waals surface area contributed by atoms with Crippen LogP contribution in [0.25, 0.3) is 0 Å². The number of hydrogen-bond acceptors (Lipinski definition) is 5. The number of aryl methyl sites for hydroxylation is 1. The van der Waals surface area contributed by atoms with E-state index in [1.807, 2.05) is 74.4 Å². The molecule has 0 atom stereocenters. The van der Waals surface area contributed by atoms with E-state index in [1.165, 1.54) is 0 Å². The topological polar surface area (TPSA) is 67.3 Å². The van der Waals surface area contributed by atoms with Crippen LogP contribution in [0.5, 0.6) is 5.75 Å². The smallest absolute Gasteiger partial charge is 0.259 e. The highest BCUT2D eigenvalue weighted by molar-refractivity contribution is 6.07. The van der Waals surface area contributed by atoms with Crippen molar-refractivity contribution in [2.24, 2.45) is 0 Å². The molecule has 1 aromatic carbocycles. The van der Waals surface area contributed by atoms with Crippen molar-refractivity contribution in [1.82, 2.24) is 9.97 Å². The Morgan fingerprint density at radius 2 is 1.86 bits per heavy atom. The van der Waals surface area contributed by atoms with Crippen molar-refractivity contribution in [1.29, 1.82) is 0 Å². The van der Waals surface area contributed by atoms with Gasteiger partial charge in [-0.05, 0) is 55.5 Å². The highest BCUT2D eigenvalue weighted by atomic mass is 16.5. The number of benzene rings is 1. The van der Waals surface area contributed by atoms with Gasteiger partial charge >= 0.3 is 0 Å². The average molecular weight is 376 g/mol. The minimum absolute atomic E-state index is 0.194. The number of carbonyl (C=O) groups excluding carboxylic acids is 1. The number of carbonyl (C=O) groups is 1. The second-order valence-electron chi connectivity index (χ2n) is 6.62. The summed E-state index contributed by atoms with van der Waals surface area (Å²) >= 11 is 0. The molecule has 0 aliphatic carbocycles. The average Bonchev–Trinajstić information content (AvgIpc) is 2.70. The van der Waals surface area contributed by atoms with Crippen LogP contribution in [0.4, 0.5) is 11.5 Å². The first-order valence-electron chi connectivity index (χ1n) is 9.12. The van der Waals surface area contributed by atoms with Gasteiger partial charge in [0.05, 0.1) is 12.2 Å². The third kappa shape index (κ3) is 5.07. The van der Waals surface area contributed by atoms with E-state index < -0.39 is 0 Å². The number of anilines is 2. The summed E-state index contributed by atoms with van der Waals surface area (Å²) in [4.78, 5) is 23.2. The van der Waals surface area contributed by atoms with Crippen molar-refractivity contribution in [3.8, 4) is 5.75 Å². The second-order valence-corrected chi connectivity index (χ2v) is 6.62. The van der Waals surface area contributed by atoms with E-state index >= 15 is 0 Å². The molecule has 1 amide bonds. The quantitative estimate of drug-likeness (QED) is 0.681. The number of rotatable bonds is 7. The molecule has 28 heavy (non-hydrogen) atoms. The molecule has 2 heterocycles. The van der Waals surface area contributed by atoms with Gasteiger partial charge in [0.15, 0.2) is 0 Å². The largest absolute Gasteiger partial charge is 0.493 e. The molecule has 0 aliphatic rings. The van der Waals surface area contributed by atoms with Crippen LogP contribution < -0.4 is 15.0 Å². The molecule has 6 heteroatoms. The van der Waals surface area contributed by atoms with Gasteiger partial charge in [-0.25, -0.2) is 4.98 Å². The molecule has 144 valence electrons. The minimum Gasteiger partial charge on any atom is -0.493 e. The van der Waals surface area contributed by atoms with E-state index in [9.17, 15) is 4.79 Å². The van der Waals surface area contributed by atoms with Crippen LogP contribution in [0, 0.1) is 6.92 Å². The van der Waals surface area contributed by atoms with Gasteiger partial charge in [-0.3, -0.25) is 9.78 Å². The Labute approximate surface area is 165 Å². The monoisotopic (exact) mass is 376 g/mol. The van der Waals surface area contributed by atoms with Gasteiger partial charge < -0.3 is 15.0 Å². The van der Waals surface area contributed by atoms with Crippen LogP contribution >= 0.6 is 0 Å². The zero-order valence-corrected chi connectivity index (χ0v) is 16.3. The van der Waals surface area contributed by atoms with Crippen LogP contribution in [-0.2, 0) is 6.42 Å². The van der Waals surface area contributed by atoms with Crippen LogP contribution in [0.1, 0.15) is 21.7 Å². The zero-order valence-electron chi connectivity index (χ0n) is 16.3. The summed E-state index contributed by atoms with van der Waals surface area (Å²) in [5.74, 6) is 1.20. The molecule has 0 radical (unpaired) electrons. The molecule has 3 aromatic rings. The lowest BCUT2D eigenvalue weighted by Crippen LogP contribution is -2.20. The molecule has 2 aromatic heterocycles. The number of nitrogens with zero attached hydrogens (tertiary/aromatic N) is 3. The second kappa shape index (κ2) is 8.99. The molecule has 0 saturated heterocycles. The number of nitrogens with one attached hydrogen (secondary N) is 1. The van der Waals surface area contributed by atoms with Crippen molar-refractivity contribution in [2.45, 2.75) is 13.3 Å². The lowest BCUT2D eigenvalue weighted by atomic mass is 10.2. The maximum absolute atomic E-state index is 12.6. The minimum atomic E-state index is -0.194.